The van der Waals surface area contributed by atoms with Gasteiger partial charge in [0.05, 0.1) is 30.4 Å². The number of nitrogens with zero attached hydrogens (tertiary/aromatic N) is 2. The Labute approximate surface area is 157 Å². The van der Waals surface area contributed by atoms with Gasteiger partial charge in [0.25, 0.3) is 17.7 Å². The van der Waals surface area contributed by atoms with Crippen LogP contribution in [0.3, 0.4) is 0 Å². The highest BCUT2D eigenvalue weighted by Gasteiger charge is 2.35. The van der Waals surface area contributed by atoms with Crippen LogP contribution in [0.4, 0.5) is 0 Å². The number of morpholine rings is 1. The maximum absolute atomic E-state index is 12.6. The highest BCUT2D eigenvalue weighted by Crippen LogP contribution is 2.24. The Morgan fingerprint density at radius 1 is 1.04 bits per heavy atom. The van der Waals surface area contributed by atoms with Crippen LogP contribution in [0.2, 0.25) is 0 Å². The van der Waals surface area contributed by atoms with E-state index in [2.05, 4.69) is 0 Å². The van der Waals surface area contributed by atoms with Crippen LogP contribution in [0.1, 0.15) is 43.6 Å². The second-order valence-corrected chi connectivity index (χ2v) is 6.87. The van der Waals surface area contributed by atoms with Gasteiger partial charge >= 0.3 is 0 Å². The largest absolute Gasteiger partial charge is 0.375 e. The number of rotatable bonds is 3. The van der Waals surface area contributed by atoms with Gasteiger partial charge in [0, 0.05) is 18.7 Å². The fourth-order valence-corrected chi connectivity index (χ4v) is 3.50. The molecule has 2 heterocycles. The highest BCUT2D eigenvalue weighted by atomic mass is 16.5. The molecule has 0 saturated carbocycles. The first-order valence-electron chi connectivity index (χ1n) is 8.99. The molecule has 1 unspecified atom stereocenters. The second kappa shape index (κ2) is 6.96. The summed E-state index contributed by atoms with van der Waals surface area (Å²) in [4.78, 5) is 40.5. The lowest BCUT2D eigenvalue weighted by molar-refractivity contribution is -0.0124. The van der Waals surface area contributed by atoms with Crippen LogP contribution < -0.4 is 0 Å². The van der Waals surface area contributed by atoms with E-state index < -0.39 is 0 Å². The number of carbonyl (C=O) groups excluding carboxylic acids is 3. The molecule has 6 nitrogen and oxygen atoms in total. The first-order valence-corrected chi connectivity index (χ1v) is 8.99. The van der Waals surface area contributed by atoms with Crippen molar-refractivity contribution in [2.75, 3.05) is 19.7 Å². The molecule has 138 valence electrons. The maximum Gasteiger partial charge on any atom is 0.261 e. The summed E-state index contributed by atoms with van der Waals surface area (Å²) in [6.07, 6.45) is 0.0378. The smallest absolute Gasteiger partial charge is 0.261 e. The fourth-order valence-electron chi connectivity index (χ4n) is 3.50. The van der Waals surface area contributed by atoms with E-state index in [1.165, 1.54) is 4.90 Å². The van der Waals surface area contributed by atoms with Gasteiger partial charge in [-0.25, -0.2) is 0 Å². The zero-order valence-corrected chi connectivity index (χ0v) is 15.1. The molecule has 4 rings (SSSR count). The minimum Gasteiger partial charge on any atom is -0.375 e. The molecule has 2 aliphatic rings. The zero-order valence-electron chi connectivity index (χ0n) is 15.1. The Bertz CT molecular complexity index is 872. The van der Waals surface area contributed by atoms with Crippen LogP contribution in [0.25, 0.3) is 0 Å². The summed E-state index contributed by atoms with van der Waals surface area (Å²) in [6, 6.07) is 13.9. The molecule has 6 heteroatoms. The van der Waals surface area contributed by atoms with Gasteiger partial charge in [0.2, 0.25) is 0 Å². The van der Waals surface area contributed by atoms with E-state index in [4.69, 9.17) is 4.74 Å². The number of ether oxygens (including phenoxy) is 1. The van der Waals surface area contributed by atoms with Crippen LogP contribution in [-0.2, 0) is 11.3 Å². The van der Waals surface area contributed by atoms with Crippen LogP contribution >= 0.6 is 0 Å². The fraction of sp³-hybridized carbons (Fsp3) is 0.286. The predicted octanol–water partition coefficient (Wildman–Crippen LogP) is 2.34. The lowest BCUT2D eigenvalue weighted by Gasteiger charge is -2.31. The van der Waals surface area contributed by atoms with E-state index in [-0.39, 0.29) is 30.4 Å². The zero-order chi connectivity index (χ0) is 19.0. The third-order valence-electron chi connectivity index (χ3n) is 4.95. The molecule has 2 aliphatic heterocycles. The molecule has 0 N–H and O–H groups in total. The van der Waals surface area contributed by atoms with Crippen molar-refractivity contribution >= 4 is 17.7 Å². The summed E-state index contributed by atoms with van der Waals surface area (Å²) in [6.45, 7) is 3.85. The van der Waals surface area contributed by atoms with Crippen LogP contribution in [-0.4, -0.2) is 53.3 Å². The van der Waals surface area contributed by atoms with Gasteiger partial charge < -0.3 is 9.64 Å². The van der Waals surface area contributed by atoms with E-state index in [1.807, 2.05) is 6.92 Å². The highest BCUT2D eigenvalue weighted by molar-refractivity contribution is 6.21. The lowest BCUT2D eigenvalue weighted by Crippen LogP contribution is -2.44. The molecule has 0 spiro atoms. The summed E-state index contributed by atoms with van der Waals surface area (Å²) in [5, 5.41) is 0. The quantitative estimate of drug-likeness (QED) is 0.784. The predicted molar refractivity (Wildman–Crippen MR) is 98.4 cm³/mol. The molecule has 2 aromatic carbocycles. The molecular weight excluding hydrogens is 344 g/mol. The number of fused-ring (bicyclic) bond motifs is 1. The Hall–Kier alpha value is -2.99. The van der Waals surface area contributed by atoms with Crippen molar-refractivity contribution in [1.29, 1.82) is 0 Å². The Morgan fingerprint density at radius 3 is 2.26 bits per heavy atom. The van der Waals surface area contributed by atoms with E-state index in [9.17, 15) is 14.4 Å². The van der Waals surface area contributed by atoms with Crippen molar-refractivity contribution in [3.63, 3.8) is 0 Å². The molecule has 1 fully saturated rings. The number of amides is 3. The molecule has 0 bridgehead atoms. The van der Waals surface area contributed by atoms with Crippen molar-refractivity contribution in [1.82, 2.24) is 9.80 Å². The molecule has 0 aromatic heterocycles. The molecule has 1 atom stereocenters. The van der Waals surface area contributed by atoms with Gasteiger partial charge in [0.15, 0.2) is 0 Å². The number of carbonyl (C=O) groups is 3. The first-order chi connectivity index (χ1) is 13.0. The van der Waals surface area contributed by atoms with Crippen LogP contribution in [0.5, 0.6) is 0 Å². The van der Waals surface area contributed by atoms with Gasteiger partial charge in [-0.1, -0.05) is 24.3 Å². The van der Waals surface area contributed by atoms with Crippen molar-refractivity contribution < 1.29 is 19.1 Å². The molecule has 0 aliphatic carbocycles. The lowest BCUT2D eigenvalue weighted by atomic mass is 10.1. The van der Waals surface area contributed by atoms with Crippen LogP contribution in [0, 0.1) is 0 Å². The van der Waals surface area contributed by atoms with Gasteiger partial charge in [-0.3, -0.25) is 19.3 Å². The standard InChI is InChI=1S/C21H20N2O4/c1-14-12-22(10-11-27-14)19(24)16-8-6-15(7-9-16)13-23-20(25)17-4-2-3-5-18(17)21(23)26/h2-9,14H,10-13H2,1H3. The van der Waals surface area contributed by atoms with Crippen molar-refractivity contribution in [2.24, 2.45) is 0 Å². The topological polar surface area (TPSA) is 66.9 Å². The monoisotopic (exact) mass is 364 g/mol. The van der Waals surface area contributed by atoms with Gasteiger partial charge in [-0.15, -0.1) is 0 Å². The van der Waals surface area contributed by atoms with Crippen LogP contribution in [0.15, 0.2) is 48.5 Å². The summed E-state index contributed by atoms with van der Waals surface area (Å²) in [7, 11) is 0. The first kappa shape index (κ1) is 17.4. The number of benzene rings is 2. The normalized spacial score (nSPS) is 19.4. The van der Waals surface area contributed by atoms with Gasteiger partial charge in [-0.2, -0.15) is 0 Å². The van der Waals surface area contributed by atoms with E-state index in [1.54, 1.807) is 53.4 Å². The SMILES string of the molecule is CC1CN(C(=O)c2ccc(CN3C(=O)c4ccccc4C3=O)cc2)CCO1. The molecule has 1 saturated heterocycles. The third-order valence-corrected chi connectivity index (χ3v) is 4.95. The number of hydrogen-bond acceptors (Lipinski definition) is 4. The minimum atomic E-state index is -0.280. The van der Waals surface area contributed by atoms with Gasteiger partial charge in [0.1, 0.15) is 0 Å². The van der Waals surface area contributed by atoms with E-state index in [0.717, 1.165) is 5.56 Å². The van der Waals surface area contributed by atoms with Crippen molar-refractivity contribution in [3.05, 3.63) is 70.8 Å². The summed E-state index contributed by atoms with van der Waals surface area (Å²) in [5.74, 6) is -0.589. The second-order valence-electron chi connectivity index (χ2n) is 6.87. The number of imide groups is 1. The molecular formula is C21H20N2O4. The Kier molecular flexibility index (Phi) is 4.49. The molecule has 3 amide bonds. The van der Waals surface area contributed by atoms with Crippen molar-refractivity contribution in [2.45, 2.75) is 19.6 Å². The maximum atomic E-state index is 12.6. The minimum absolute atomic E-state index is 0.0302. The average molecular weight is 364 g/mol. The van der Waals surface area contributed by atoms with Crippen molar-refractivity contribution in [3.8, 4) is 0 Å². The molecule has 2 aromatic rings. The Morgan fingerprint density at radius 2 is 1.67 bits per heavy atom. The molecule has 0 radical (unpaired) electrons. The number of hydrogen-bond donors (Lipinski definition) is 0. The Balaban J connectivity index is 1.47. The average Bonchev–Trinajstić information content (AvgIpc) is 2.93. The molecule has 27 heavy (non-hydrogen) atoms. The van der Waals surface area contributed by atoms with E-state index >= 15 is 0 Å². The van der Waals surface area contributed by atoms with Gasteiger partial charge in [-0.05, 0) is 36.8 Å². The third kappa shape index (κ3) is 3.24. The summed E-state index contributed by atoms with van der Waals surface area (Å²) >= 11 is 0. The summed E-state index contributed by atoms with van der Waals surface area (Å²) in [5.41, 5.74) is 2.28. The van der Waals surface area contributed by atoms with E-state index in [0.29, 0.717) is 36.4 Å². The summed E-state index contributed by atoms with van der Waals surface area (Å²) < 4.78 is 5.47.